The van der Waals surface area contributed by atoms with Crippen molar-refractivity contribution < 1.29 is 0 Å². The third kappa shape index (κ3) is 2.98. The van der Waals surface area contributed by atoms with Crippen molar-refractivity contribution in [2.45, 2.75) is 26.9 Å². The van der Waals surface area contributed by atoms with Gasteiger partial charge < -0.3 is 10.2 Å². The van der Waals surface area contributed by atoms with Crippen molar-refractivity contribution in [3.05, 3.63) is 33.6 Å². The minimum Gasteiger partial charge on any atom is -0.352 e. The molecule has 4 nitrogen and oxygen atoms in total. The van der Waals surface area contributed by atoms with Crippen molar-refractivity contribution in [1.29, 1.82) is 0 Å². The summed E-state index contributed by atoms with van der Waals surface area (Å²) < 4.78 is 2.00. The summed E-state index contributed by atoms with van der Waals surface area (Å²) in [5.74, 6) is 1.22. The summed E-state index contributed by atoms with van der Waals surface area (Å²) in [6.45, 7) is 7.06. The highest BCUT2D eigenvalue weighted by molar-refractivity contribution is 7.09. The Bertz CT molecular complexity index is 516. The van der Waals surface area contributed by atoms with E-state index >= 15 is 0 Å². The lowest BCUT2D eigenvalue weighted by atomic mass is 10.2. The Morgan fingerprint density at radius 3 is 2.84 bits per heavy atom. The molecule has 2 heterocycles. The van der Waals surface area contributed by atoms with Crippen molar-refractivity contribution in [2.24, 2.45) is 7.05 Å². The van der Waals surface area contributed by atoms with Crippen molar-refractivity contribution in [1.82, 2.24) is 15.1 Å². The quantitative estimate of drug-likeness (QED) is 0.881. The number of nitrogens with zero attached hydrogens (tertiary/aromatic N) is 3. The van der Waals surface area contributed by atoms with Crippen LogP contribution in [0.2, 0.25) is 0 Å². The Labute approximate surface area is 119 Å². The van der Waals surface area contributed by atoms with Crippen LogP contribution in [0.3, 0.4) is 0 Å². The molecule has 2 aromatic rings. The zero-order valence-electron chi connectivity index (χ0n) is 12.1. The molecule has 0 spiro atoms. The molecule has 104 valence electrons. The van der Waals surface area contributed by atoms with E-state index in [1.54, 1.807) is 11.3 Å². The molecule has 0 amide bonds. The first-order chi connectivity index (χ1) is 9.17. The molecule has 0 unspecified atom stereocenters. The summed E-state index contributed by atoms with van der Waals surface area (Å²) in [7, 11) is 4.00. The van der Waals surface area contributed by atoms with Crippen LogP contribution in [0, 0.1) is 6.92 Å². The zero-order valence-corrected chi connectivity index (χ0v) is 12.9. The van der Waals surface area contributed by atoms with Gasteiger partial charge in [-0.15, -0.1) is 11.3 Å². The highest BCUT2D eigenvalue weighted by Gasteiger charge is 2.18. The summed E-state index contributed by atoms with van der Waals surface area (Å²) in [4.78, 5) is 3.77. The van der Waals surface area contributed by atoms with Gasteiger partial charge in [-0.2, -0.15) is 5.10 Å². The minimum atomic E-state index is 0.857. The molecule has 0 radical (unpaired) electrons. The second-order valence-corrected chi connectivity index (χ2v) is 5.67. The molecule has 2 aromatic heterocycles. The largest absolute Gasteiger partial charge is 0.352 e. The average molecular weight is 278 g/mol. The Balaban J connectivity index is 2.31. The van der Waals surface area contributed by atoms with Gasteiger partial charge in [0.2, 0.25) is 0 Å². The molecule has 5 heteroatoms. The normalized spacial score (nSPS) is 10.9. The van der Waals surface area contributed by atoms with Gasteiger partial charge in [0.05, 0.1) is 12.2 Å². The van der Waals surface area contributed by atoms with E-state index in [0.29, 0.717) is 0 Å². The number of nitrogens with one attached hydrogen (secondary N) is 1. The number of rotatable bonds is 6. The van der Waals surface area contributed by atoms with Gasteiger partial charge in [0.1, 0.15) is 5.82 Å². The summed E-state index contributed by atoms with van der Waals surface area (Å²) in [6.07, 6.45) is 0. The highest BCUT2D eigenvalue weighted by atomic mass is 32.1. The van der Waals surface area contributed by atoms with E-state index in [9.17, 15) is 0 Å². The van der Waals surface area contributed by atoms with Crippen LogP contribution in [0.5, 0.6) is 0 Å². The molecule has 0 bridgehead atoms. The first-order valence-corrected chi connectivity index (χ1v) is 7.49. The third-order valence-electron chi connectivity index (χ3n) is 3.27. The van der Waals surface area contributed by atoms with Crippen molar-refractivity contribution in [2.75, 3.05) is 18.5 Å². The molecule has 0 aliphatic carbocycles. The first kappa shape index (κ1) is 14.1. The van der Waals surface area contributed by atoms with Crippen LogP contribution in [0.4, 0.5) is 5.82 Å². The number of anilines is 1. The lowest BCUT2D eigenvalue weighted by Gasteiger charge is -2.24. The fourth-order valence-corrected chi connectivity index (χ4v) is 3.12. The van der Waals surface area contributed by atoms with Gasteiger partial charge in [-0.25, -0.2) is 0 Å². The molecule has 0 aromatic carbocycles. The van der Waals surface area contributed by atoms with Crippen LogP contribution < -0.4 is 10.2 Å². The van der Waals surface area contributed by atoms with Crippen LogP contribution in [-0.4, -0.2) is 23.4 Å². The second kappa shape index (κ2) is 6.21. The van der Waals surface area contributed by atoms with E-state index in [-0.39, 0.29) is 0 Å². The molecular weight excluding hydrogens is 256 g/mol. The smallest absolute Gasteiger partial charge is 0.131 e. The Morgan fingerprint density at radius 2 is 2.26 bits per heavy atom. The van der Waals surface area contributed by atoms with Gasteiger partial charge in [-0.05, 0) is 32.3 Å². The van der Waals surface area contributed by atoms with Gasteiger partial charge in [-0.1, -0.05) is 6.07 Å². The van der Waals surface area contributed by atoms with E-state index in [0.717, 1.165) is 25.3 Å². The van der Waals surface area contributed by atoms with Gasteiger partial charge in [0, 0.05) is 30.6 Å². The van der Waals surface area contributed by atoms with Crippen molar-refractivity contribution in [3.63, 3.8) is 0 Å². The molecule has 0 saturated carbocycles. The predicted octanol–water partition coefficient (Wildman–Crippen LogP) is 2.54. The van der Waals surface area contributed by atoms with Gasteiger partial charge in [0.15, 0.2) is 0 Å². The standard InChI is InChI=1S/C14H22N4S/c1-5-18(10-12-7-6-8-19-12)14-13(9-15-3)11(2)16-17(14)4/h6-8,15H,5,9-10H2,1-4H3. The zero-order chi connectivity index (χ0) is 13.8. The van der Waals surface area contributed by atoms with Gasteiger partial charge in [0.25, 0.3) is 0 Å². The summed E-state index contributed by atoms with van der Waals surface area (Å²) in [5.41, 5.74) is 2.40. The van der Waals surface area contributed by atoms with Gasteiger partial charge >= 0.3 is 0 Å². The Hall–Kier alpha value is -1.33. The van der Waals surface area contributed by atoms with Crippen molar-refractivity contribution >= 4 is 17.2 Å². The molecule has 2 rings (SSSR count). The number of hydrogen-bond acceptors (Lipinski definition) is 4. The molecule has 19 heavy (non-hydrogen) atoms. The van der Waals surface area contributed by atoms with E-state index in [4.69, 9.17) is 0 Å². The number of hydrogen-bond donors (Lipinski definition) is 1. The monoisotopic (exact) mass is 278 g/mol. The molecule has 0 fully saturated rings. The highest BCUT2D eigenvalue weighted by Crippen LogP contribution is 2.25. The lowest BCUT2D eigenvalue weighted by Crippen LogP contribution is -2.25. The minimum absolute atomic E-state index is 0.857. The maximum atomic E-state index is 4.57. The maximum absolute atomic E-state index is 4.57. The fraction of sp³-hybridized carbons (Fsp3) is 0.500. The summed E-state index contributed by atoms with van der Waals surface area (Å²) in [6, 6.07) is 4.30. The molecule has 0 saturated heterocycles. The molecule has 0 aliphatic heterocycles. The SMILES string of the molecule is CCN(Cc1cccs1)c1c(CNC)c(C)nn1C. The van der Waals surface area contributed by atoms with E-state index < -0.39 is 0 Å². The molecule has 0 aliphatic rings. The van der Waals surface area contributed by atoms with Crippen LogP contribution in [0.15, 0.2) is 17.5 Å². The Morgan fingerprint density at radius 1 is 1.47 bits per heavy atom. The molecule has 1 N–H and O–H groups in total. The van der Waals surface area contributed by atoms with Crippen LogP contribution >= 0.6 is 11.3 Å². The number of aromatic nitrogens is 2. The molecule has 0 atom stereocenters. The Kier molecular flexibility index (Phi) is 4.61. The van der Waals surface area contributed by atoms with Crippen molar-refractivity contribution in [3.8, 4) is 0 Å². The third-order valence-corrected chi connectivity index (χ3v) is 4.14. The fourth-order valence-electron chi connectivity index (χ4n) is 2.40. The predicted molar refractivity (Wildman–Crippen MR) is 81.8 cm³/mol. The topological polar surface area (TPSA) is 33.1 Å². The van der Waals surface area contributed by atoms with Crippen LogP contribution in [-0.2, 0) is 20.1 Å². The summed E-state index contributed by atoms with van der Waals surface area (Å²) >= 11 is 1.81. The lowest BCUT2D eigenvalue weighted by molar-refractivity contribution is 0.703. The second-order valence-electron chi connectivity index (χ2n) is 4.64. The first-order valence-electron chi connectivity index (χ1n) is 6.61. The van der Waals surface area contributed by atoms with E-state index in [2.05, 4.69) is 46.7 Å². The van der Waals surface area contributed by atoms with E-state index in [1.165, 1.54) is 16.3 Å². The van der Waals surface area contributed by atoms with Gasteiger partial charge in [-0.3, -0.25) is 4.68 Å². The number of aryl methyl sites for hydroxylation is 2. The van der Waals surface area contributed by atoms with E-state index in [1.807, 2.05) is 18.8 Å². The maximum Gasteiger partial charge on any atom is 0.131 e. The van der Waals surface area contributed by atoms with Crippen LogP contribution in [0.1, 0.15) is 23.1 Å². The number of thiophene rings is 1. The van der Waals surface area contributed by atoms with Crippen LogP contribution in [0.25, 0.3) is 0 Å². The summed E-state index contributed by atoms with van der Waals surface area (Å²) in [5, 5.41) is 9.94. The average Bonchev–Trinajstić information content (AvgIpc) is 2.97. The molecular formula is C14H22N4S.